The van der Waals surface area contributed by atoms with Gasteiger partial charge in [-0.05, 0) is 25.8 Å². The lowest BCUT2D eigenvalue weighted by atomic mass is 10.1. The van der Waals surface area contributed by atoms with Crippen molar-refractivity contribution < 1.29 is 9.26 Å². The molecule has 1 fully saturated rings. The van der Waals surface area contributed by atoms with E-state index in [0.717, 1.165) is 57.2 Å². The Morgan fingerprint density at radius 2 is 2.33 bits per heavy atom. The van der Waals surface area contributed by atoms with E-state index in [1.54, 1.807) is 0 Å². The van der Waals surface area contributed by atoms with Crippen molar-refractivity contribution in [3.05, 3.63) is 11.7 Å². The highest BCUT2D eigenvalue weighted by molar-refractivity contribution is 4.97. The smallest absolute Gasteiger partial charge is 0.226 e. The molecule has 84 valence electrons. The zero-order chi connectivity index (χ0) is 10.5. The first-order valence-electron chi connectivity index (χ1n) is 5.50. The predicted octanol–water partition coefficient (Wildman–Crippen LogP) is 0.855. The minimum atomic E-state index is 0.331. The maximum atomic E-state index is 5.41. The minimum Gasteiger partial charge on any atom is -0.381 e. The molecule has 1 atom stereocenters. The Bertz CT molecular complexity index is 295. The SMILES string of the molecule is NCCCCc1nc(C2CCOC2)no1. The zero-order valence-electron chi connectivity index (χ0n) is 8.82. The molecule has 1 aromatic rings. The third-order valence-electron chi connectivity index (χ3n) is 2.62. The summed E-state index contributed by atoms with van der Waals surface area (Å²) >= 11 is 0. The fourth-order valence-corrected chi connectivity index (χ4v) is 1.69. The van der Waals surface area contributed by atoms with E-state index in [0.29, 0.717) is 5.92 Å². The van der Waals surface area contributed by atoms with Crippen LogP contribution in [0.4, 0.5) is 0 Å². The maximum Gasteiger partial charge on any atom is 0.226 e. The number of aromatic nitrogens is 2. The molecular weight excluding hydrogens is 194 g/mol. The predicted molar refractivity (Wildman–Crippen MR) is 54.5 cm³/mol. The van der Waals surface area contributed by atoms with Crippen LogP contribution in [-0.4, -0.2) is 29.9 Å². The highest BCUT2D eigenvalue weighted by Crippen LogP contribution is 2.22. The van der Waals surface area contributed by atoms with Crippen molar-refractivity contribution in [3.8, 4) is 0 Å². The minimum absolute atomic E-state index is 0.331. The molecule has 2 heterocycles. The number of unbranched alkanes of at least 4 members (excludes halogenated alkanes) is 1. The molecule has 5 nitrogen and oxygen atoms in total. The van der Waals surface area contributed by atoms with E-state index in [2.05, 4.69) is 10.1 Å². The second-order valence-corrected chi connectivity index (χ2v) is 3.85. The molecule has 2 N–H and O–H groups in total. The standard InChI is InChI=1S/C10H17N3O2/c11-5-2-1-3-9-12-10(13-15-9)8-4-6-14-7-8/h8H,1-7,11H2. The van der Waals surface area contributed by atoms with Gasteiger partial charge in [-0.2, -0.15) is 4.98 Å². The van der Waals surface area contributed by atoms with Crippen LogP contribution in [0.15, 0.2) is 4.52 Å². The molecule has 2 rings (SSSR count). The summed E-state index contributed by atoms with van der Waals surface area (Å²) in [7, 11) is 0. The van der Waals surface area contributed by atoms with Crippen LogP contribution in [0.1, 0.15) is 36.9 Å². The molecule has 1 aliphatic heterocycles. The van der Waals surface area contributed by atoms with E-state index in [-0.39, 0.29) is 0 Å². The number of nitrogens with zero attached hydrogens (tertiary/aromatic N) is 2. The zero-order valence-corrected chi connectivity index (χ0v) is 8.82. The molecule has 0 saturated carbocycles. The fraction of sp³-hybridized carbons (Fsp3) is 0.800. The van der Waals surface area contributed by atoms with Crippen molar-refractivity contribution in [2.24, 2.45) is 5.73 Å². The molecule has 0 aromatic carbocycles. The van der Waals surface area contributed by atoms with Gasteiger partial charge < -0.3 is 15.0 Å². The normalized spacial score (nSPS) is 21.0. The topological polar surface area (TPSA) is 74.2 Å². The summed E-state index contributed by atoms with van der Waals surface area (Å²) in [5.74, 6) is 1.86. The molecule has 0 amide bonds. The number of rotatable bonds is 5. The number of nitrogens with two attached hydrogens (primary N) is 1. The molecule has 0 radical (unpaired) electrons. The summed E-state index contributed by atoms with van der Waals surface area (Å²) in [5.41, 5.74) is 5.41. The molecule has 0 aliphatic carbocycles. The Morgan fingerprint density at radius 3 is 3.07 bits per heavy atom. The monoisotopic (exact) mass is 211 g/mol. The molecule has 1 unspecified atom stereocenters. The number of hydrogen-bond donors (Lipinski definition) is 1. The van der Waals surface area contributed by atoms with Gasteiger partial charge in [-0.15, -0.1) is 0 Å². The number of hydrogen-bond acceptors (Lipinski definition) is 5. The van der Waals surface area contributed by atoms with Crippen molar-refractivity contribution in [3.63, 3.8) is 0 Å². The molecule has 5 heteroatoms. The summed E-state index contributed by atoms with van der Waals surface area (Å²) in [6.07, 6.45) is 3.85. The summed E-state index contributed by atoms with van der Waals surface area (Å²) in [4.78, 5) is 4.37. The summed E-state index contributed by atoms with van der Waals surface area (Å²) in [6, 6.07) is 0. The molecule has 15 heavy (non-hydrogen) atoms. The average molecular weight is 211 g/mol. The van der Waals surface area contributed by atoms with Crippen molar-refractivity contribution in [1.82, 2.24) is 10.1 Å². The van der Waals surface area contributed by atoms with Gasteiger partial charge in [-0.1, -0.05) is 5.16 Å². The van der Waals surface area contributed by atoms with Crippen LogP contribution in [0, 0.1) is 0 Å². The lowest BCUT2D eigenvalue weighted by Crippen LogP contribution is -2.01. The van der Waals surface area contributed by atoms with E-state index in [1.807, 2.05) is 0 Å². The van der Waals surface area contributed by atoms with Gasteiger partial charge in [-0.3, -0.25) is 0 Å². The van der Waals surface area contributed by atoms with Gasteiger partial charge in [0.25, 0.3) is 0 Å². The third kappa shape index (κ3) is 2.76. The van der Waals surface area contributed by atoms with Crippen LogP contribution in [0.3, 0.4) is 0 Å². The van der Waals surface area contributed by atoms with Crippen LogP contribution in [0.2, 0.25) is 0 Å². The lowest BCUT2D eigenvalue weighted by Gasteiger charge is -1.97. The van der Waals surface area contributed by atoms with E-state index in [9.17, 15) is 0 Å². The molecular formula is C10H17N3O2. The third-order valence-corrected chi connectivity index (χ3v) is 2.62. The molecule has 1 aliphatic rings. The molecule has 1 saturated heterocycles. The van der Waals surface area contributed by atoms with Gasteiger partial charge >= 0.3 is 0 Å². The van der Waals surface area contributed by atoms with Crippen molar-refractivity contribution in [2.45, 2.75) is 31.6 Å². The summed E-state index contributed by atoms with van der Waals surface area (Å²) in [6.45, 7) is 2.25. The van der Waals surface area contributed by atoms with Gasteiger partial charge in [0.15, 0.2) is 5.82 Å². The number of ether oxygens (including phenoxy) is 1. The Kier molecular flexibility index (Phi) is 3.69. The highest BCUT2D eigenvalue weighted by atomic mass is 16.5. The van der Waals surface area contributed by atoms with E-state index >= 15 is 0 Å². The fourth-order valence-electron chi connectivity index (χ4n) is 1.69. The van der Waals surface area contributed by atoms with Crippen molar-refractivity contribution >= 4 is 0 Å². The van der Waals surface area contributed by atoms with E-state index < -0.39 is 0 Å². The van der Waals surface area contributed by atoms with Crippen LogP contribution in [0.25, 0.3) is 0 Å². The second kappa shape index (κ2) is 5.23. The van der Waals surface area contributed by atoms with Gasteiger partial charge in [0.1, 0.15) is 0 Å². The van der Waals surface area contributed by atoms with Crippen LogP contribution in [-0.2, 0) is 11.2 Å². The first-order valence-corrected chi connectivity index (χ1v) is 5.50. The van der Waals surface area contributed by atoms with Crippen LogP contribution >= 0.6 is 0 Å². The largest absolute Gasteiger partial charge is 0.381 e. The van der Waals surface area contributed by atoms with E-state index in [4.69, 9.17) is 15.0 Å². The quantitative estimate of drug-likeness (QED) is 0.731. The first-order chi connectivity index (χ1) is 7.40. The second-order valence-electron chi connectivity index (χ2n) is 3.85. The van der Waals surface area contributed by atoms with Crippen molar-refractivity contribution in [2.75, 3.05) is 19.8 Å². The molecule has 1 aromatic heterocycles. The Labute approximate surface area is 89.0 Å². The summed E-state index contributed by atoms with van der Waals surface area (Å²) in [5, 5.41) is 3.98. The van der Waals surface area contributed by atoms with Crippen LogP contribution < -0.4 is 5.73 Å². The van der Waals surface area contributed by atoms with E-state index in [1.165, 1.54) is 0 Å². The maximum absolute atomic E-state index is 5.41. The molecule has 0 spiro atoms. The first kappa shape index (κ1) is 10.6. The lowest BCUT2D eigenvalue weighted by molar-refractivity contribution is 0.192. The average Bonchev–Trinajstić information content (AvgIpc) is 2.87. The van der Waals surface area contributed by atoms with Gasteiger partial charge in [-0.25, -0.2) is 0 Å². The number of aryl methyl sites for hydroxylation is 1. The van der Waals surface area contributed by atoms with Gasteiger partial charge in [0.05, 0.1) is 6.61 Å². The Morgan fingerprint density at radius 1 is 1.40 bits per heavy atom. The van der Waals surface area contributed by atoms with Gasteiger partial charge in [0.2, 0.25) is 5.89 Å². The Hall–Kier alpha value is -0.940. The molecule has 0 bridgehead atoms. The summed E-state index contributed by atoms with van der Waals surface area (Å²) < 4.78 is 10.4. The van der Waals surface area contributed by atoms with Gasteiger partial charge in [0, 0.05) is 18.9 Å². The van der Waals surface area contributed by atoms with Crippen molar-refractivity contribution in [1.29, 1.82) is 0 Å². The Balaban J connectivity index is 1.86. The van der Waals surface area contributed by atoms with Crippen LogP contribution in [0.5, 0.6) is 0 Å². The highest BCUT2D eigenvalue weighted by Gasteiger charge is 2.22.